The molecule has 2 saturated heterocycles. The number of carbonyl (C=O) groups is 2. The molecule has 0 saturated carbocycles. The molecule has 0 spiro atoms. The Balaban J connectivity index is 1.69. The Bertz CT molecular complexity index is 656. The highest BCUT2D eigenvalue weighted by molar-refractivity contribution is 6.00. The molecule has 2 heterocycles. The maximum Gasteiger partial charge on any atom is 0.227 e. The van der Waals surface area contributed by atoms with Gasteiger partial charge in [0.1, 0.15) is 11.5 Å². The number of hydrogen-bond acceptors (Lipinski definition) is 5. The second-order valence-corrected chi connectivity index (χ2v) is 6.98. The first-order valence-corrected chi connectivity index (χ1v) is 9.09. The van der Waals surface area contributed by atoms with Crippen molar-refractivity contribution in [1.29, 1.82) is 0 Å². The van der Waals surface area contributed by atoms with Gasteiger partial charge in [0.05, 0.1) is 25.8 Å². The first-order valence-electron chi connectivity index (χ1n) is 9.09. The van der Waals surface area contributed by atoms with Crippen LogP contribution in [0.3, 0.4) is 0 Å². The Kier molecular flexibility index (Phi) is 5.66. The van der Waals surface area contributed by atoms with Gasteiger partial charge in [-0.1, -0.05) is 0 Å². The standard InChI is InChI=1S/C19H27N3O4/c1-12-17(5-4-6-20-12)21-19(24)13-7-18(23)22(11-13)14-8-15(25-2)10-16(9-14)26-3/h8-10,12-13,17,20H,4-7,11H2,1-3H3,(H,21,24). The van der Waals surface area contributed by atoms with E-state index in [-0.39, 0.29) is 36.2 Å². The number of methoxy groups -OCH3 is 2. The lowest BCUT2D eigenvalue weighted by Crippen LogP contribution is -2.53. The van der Waals surface area contributed by atoms with Gasteiger partial charge in [-0.2, -0.15) is 0 Å². The van der Waals surface area contributed by atoms with Gasteiger partial charge in [0, 0.05) is 43.2 Å². The van der Waals surface area contributed by atoms with E-state index >= 15 is 0 Å². The van der Waals surface area contributed by atoms with Gasteiger partial charge in [0.25, 0.3) is 0 Å². The lowest BCUT2D eigenvalue weighted by atomic mass is 9.98. The van der Waals surface area contributed by atoms with E-state index in [0.29, 0.717) is 23.7 Å². The predicted octanol–water partition coefficient (Wildman–Crippen LogP) is 1.31. The molecule has 3 atom stereocenters. The van der Waals surface area contributed by atoms with E-state index in [9.17, 15) is 9.59 Å². The smallest absolute Gasteiger partial charge is 0.227 e. The van der Waals surface area contributed by atoms with Crippen LogP contribution in [0, 0.1) is 5.92 Å². The van der Waals surface area contributed by atoms with E-state index in [0.717, 1.165) is 19.4 Å². The van der Waals surface area contributed by atoms with E-state index in [1.807, 2.05) is 0 Å². The molecule has 1 aromatic carbocycles. The maximum absolute atomic E-state index is 12.7. The molecule has 7 heteroatoms. The molecule has 2 N–H and O–H groups in total. The first kappa shape index (κ1) is 18.5. The summed E-state index contributed by atoms with van der Waals surface area (Å²) in [6, 6.07) is 5.70. The third-order valence-electron chi connectivity index (χ3n) is 5.23. The molecule has 142 valence electrons. The summed E-state index contributed by atoms with van der Waals surface area (Å²) >= 11 is 0. The van der Waals surface area contributed by atoms with Crippen LogP contribution in [-0.4, -0.2) is 51.2 Å². The average molecular weight is 361 g/mol. The molecular formula is C19H27N3O4. The molecule has 7 nitrogen and oxygen atoms in total. The largest absolute Gasteiger partial charge is 0.497 e. The Morgan fingerprint density at radius 1 is 1.23 bits per heavy atom. The molecular weight excluding hydrogens is 334 g/mol. The number of ether oxygens (including phenoxy) is 2. The van der Waals surface area contributed by atoms with Crippen LogP contribution in [0.25, 0.3) is 0 Å². The van der Waals surface area contributed by atoms with Gasteiger partial charge in [0.2, 0.25) is 11.8 Å². The van der Waals surface area contributed by atoms with Gasteiger partial charge in [-0.05, 0) is 26.3 Å². The average Bonchev–Trinajstić information content (AvgIpc) is 3.05. The van der Waals surface area contributed by atoms with Crippen molar-refractivity contribution in [2.24, 2.45) is 5.92 Å². The predicted molar refractivity (Wildman–Crippen MR) is 98.6 cm³/mol. The highest BCUT2D eigenvalue weighted by Gasteiger charge is 2.37. The molecule has 2 fully saturated rings. The van der Waals surface area contributed by atoms with Crippen molar-refractivity contribution in [2.75, 3.05) is 32.2 Å². The normalized spacial score (nSPS) is 25.9. The summed E-state index contributed by atoms with van der Waals surface area (Å²) < 4.78 is 10.5. The lowest BCUT2D eigenvalue weighted by molar-refractivity contribution is -0.127. The number of nitrogens with one attached hydrogen (secondary N) is 2. The van der Waals surface area contributed by atoms with Crippen molar-refractivity contribution in [2.45, 2.75) is 38.3 Å². The number of amides is 2. The van der Waals surface area contributed by atoms with Crippen molar-refractivity contribution < 1.29 is 19.1 Å². The fraction of sp³-hybridized carbons (Fsp3) is 0.579. The summed E-state index contributed by atoms with van der Waals surface area (Å²) in [7, 11) is 3.14. The summed E-state index contributed by atoms with van der Waals surface area (Å²) in [5.74, 6) is 0.782. The Labute approximate surface area is 154 Å². The van der Waals surface area contributed by atoms with Crippen LogP contribution >= 0.6 is 0 Å². The Morgan fingerprint density at radius 3 is 2.54 bits per heavy atom. The fourth-order valence-electron chi connectivity index (χ4n) is 3.62. The zero-order valence-corrected chi connectivity index (χ0v) is 15.6. The van der Waals surface area contributed by atoms with Gasteiger partial charge in [-0.3, -0.25) is 9.59 Å². The van der Waals surface area contributed by atoms with Gasteiger partial charge in [-0.15, -0.1) is 0 Å². The van der Waals surface area contributed by atoms with Crippen LogP contribution in [0.15, 0.2) is 18.2 Å². The van der Waals surface area contributed by atoms with Crippen molar-refractivity contribution in [1.82, 2.24) is 10.6 Å². The highest BCUT2D eigenvalue weighted by Crippen LogP contribution is 2.32. The zero-order chi connectivity index (χ0) is 18.7. The fourth-order valence-corrected chi connectivity index (χ4v) is 3.62. The van der Waals surface area contributed by atoms with Crippen molar-refractivity contribution in [3.05, 3.63) is 18.2 Å². The van der Waals surface area contributed by atoms with Crippen molar-refractivity contribution in [3.63, 3.8) is 0 Å². The van der Waals surface area contributed by atoms with Crippen LogP contribution in [0.2, 0.25) is 0 Å². The van der Waals surface area contributed by atoms with Crippen LogP contribution in [0.5, 0.6) is 11.5 Å². The molecule has 3 rings (SSSR count). The number of hydrogen-bond donors (Lipinski definition) is 2. The second-order valence-electron chi connectivity index (χ2n) is 6.98. The second kappa shape index (κ2) is 7.95. The van der Waals surface area contributed by atoms with Gasteiger partial charge < -0.3 is 25.0 Å². The SMILES string of the molecule is COc1cc(OC)cc(N2CC(C(=O)NC3CCCNC3C)CC2=O)c1. The monoisotopic (exact) mass is 361 g/mol. The molecule has 2 aliphatic rings. The molecule has 0 bridgehead atoms. The van der Waals surface area contributed by atoms with Gasteiger partial charge >= 0.3 is 0 Å². The van der Waals surface area contributed by atoms with Crippen molar-refractivity contribution in [3.8, 4) is 11.5 Å². The quantitative estimate of drug-likeness (QED) is 0.827. The van der Waals surface area contributed by atoms with Gasteiger partial charge in [0.15, 0.2) is 0 Å². The van der Waals surface area contributed by atoms with E-state index in [1.54, 1.807) is 37.3 Å². The molecule has 1 aromatic rings. The summed E-state index contributed by atoms with van der Waals surface area (Å²) in [4.78, 5) is 26.8. The number of anilines is 1. The minimum atomic E-state index is -0.339. The number of piperidine rings is 1. The molecule has 3 unspecified atom stereocenters. The van der Waals surface area contributed by atoms with Crippen LogP contribution in [0.4, 0.5) is 5.69 Å². The zero-order valence-electron chi connectivity index (χ0n) is 15.6. The molecule has 2 aliphatic heterocycles. The van der Waals surface area contributed by atoms with E-state index in [4.69, 9.17) is 9.47 Å². The van der Waals surface area contributed by atoms with Crippen LogP contribution < -0.4 is 25.0 Å². The lowest BCUT2D eigenvalue weighted by Gasteiger charge is -2.31. The minimum Gasteiger partial charge on any atom is -0.497 e. The third kappa shape index (κ3) is 3.93. The number of rotatable bonds is 5. The van der Waals surface area contributed by atoms with E-state index < -0.39 is 0 Å². The maximum atomic E-state index is 12.7. The first-order chi connectivity index (χ1) is 12.5. The third-order valence-corrected chi connectivity index (χ3v) is 5.23. The molecule has 26 heavy (non-hydrogen) atoms. The van der Waals surface area contributed by atoms with Gasteiger partial charge in [-0.25, -0.2) is 0 Å². The summed E-state index contributed by atoms with van der Waals surface area (Å²) in [6.07, 6.45) is 2.24. The highest BCUT2D eigenvalue weighted by atomic mass is 16.5. The molecule has 2 amide bonds. The Hall–Kier alpha value is -2.28. The van der Waals surface area contributed by atoms with E-state index in [1.165, 1.54) is 0 Å². The number of carbonyl (C=O) groups excluding carboxylic acids is 2. The number of nitrogens with zero attached hydrogens (tertiary/aromatic N) is 1. The molecule has 0 aliphatic carbocycles. The van der Waals surface area contributed by atoms with Crippen LogP contribution in [0.1, 0.15) is 26.2 Å². The summed E-state index contributed by atoms with van der Waals surface area (Å²) in [6.45, 7) is 3.44. The van der Waals surface area contributed by atoms with E-state index in [2.05, 4.69) is 17.6 Å². The minimum absolute atomic E-state index is 0.0451. The summed E-state index contributed by atoms with van der Waals surface area (Å²) in [5, 5.41) is 6.50. The molecule has 0 aromatic heterocycles. The van der Waals surface area contributed by atoms with Crippen molar-refractivity contribution >= 4 is 17.5 Å². The Morgan fingerprint density at radius 2 is 1.92 bits per heavy atom. The topological polar surface area (TPSA) is 79.9 Å². The molecule has 0 radical (unpaired) electrons. The van der Waals surface area contributed by atoms with Crippen LogP contribution in [-0.2, 0) is 9.59 Å². The number of benzene rings is 1. The summed E-state index contributed by atoms with van der Waals surface area (Å²) in [5.41, 5.74) is 0.689.